The van der Waals surface area contributed by atoms with E-state index in [2.05, 4.69) is 9.72 Å². The van der Waals surface area contributed by atoms with Gasteiger partial charge in [-0.2, -0.15) is 0 Å². The summed E-state index contributed by atoms with van der Waals surface area (Å²) in [6.07, 6.45) is -3.13. The number of halogens is 2. The normalized spacial score (nSPS) is 10.6. The standard InChI is InChI=1S/C11H13F2NO3/c1-3-17-8(15)5-7-4-6(2)14-9(10(7)16)11(12)13/h4,11,16H,3,5H2,1-2H3. The predicted molar refractivity (Wildman–Crippen MR) is 55.9 cm³/mol. The molecule has 0 saturated heterocycles. The summed E-state index contributed by atoms with van der Waals surface area (Å²) in [5, 5.41) is 9.55. The van der Waals surface area contributed by atoms with Crippen molar-refractivity contribution in [2.24, 2.45) is 0 Å². The molecule has 1 aromatic heterocycles. The summed E-state index contributed by atoms with van der Waals surface area (Å²) >= 11 is 0. The minimum absolute atomic E-state index is 0.103. The molecule has 0 unspecified atom stereocenters. The SMILES string of the molecule is CCOC(=O)Cc1cc(C)nc(C(F)F)c1O. The second-order valence-electron chi connectivity index (χ2n) is 3.44. The molecule has 0 spiro atoms. The Hall–Kier alpha value is -1.72. The highest BCUT2D eigenvalue weighted by atomic mass is 19.3. The van der Waals surface area contributed by atoms with Gasteiger partial charge in [-0.05, 0) is 19.9 Å². The van der Waals surface area contributed by atoms with E-state index in [1.807, 2.05) is 0 Å². The van der Waals surface area contributed by atoms with Crippen molar-refractivity contribution in [3.05, 3.63) is 23.0 Å². The highest BCUT2D eigenvalue weighted by molar-refractivity contribution is 5.73. The molecule has 0 aliphatic heterocycles. The highest BCUT2D eigenvalue weighted by Gasteiger charge is 2.20. The van der Waals surface area contributed by atoms with Crippen molar-refractivity contribution in [3.63, 3.8) is 0 Å². The maximum Gasteiger partial charge on any atom is 0.310 e. The van der Waals surface area contributed by atoms with E-state index in [9.17, 15) is 18.7 Å². The summed E-state index contributed by atoms with van der Waals surface area (Å²) in [6.45, 7) is 3.35. The highest BCUT2D eigenvalue weighted by Crippen LogP contribution is 2.30. The van der Waals surface area contributed by atoms with Crippen LogP contribution in [-0.2, 0) is 16.0 Å². The van der Waals surface area contributed by atoms with Gasteiger partial charge in [0.05, 0.1) is 13.0 Å². The van der Waals surface area contributed by atoms with Crippen molar-refractivity contribution in [2.45, 2.75) is 26.7 Å². The third kappa shape index (κ3) is 3.37. The lowest BCUT2D eigenvalue weighted by Crippen LogP contribution is -2.09. The third-order valence-corrected chi connectivity index (χ3v) is 2.07. The average molecular weight is 245 g/mol. The summed E-state index contributed by atoms with van der Waals surface area (Å²) in [7, 11) is 0. The molecular weight excluding hydrogens is 232 g/mol. The van der Waals surface area contributed by atoms with Gasteiger partial charge in [-0.3, -0.25) is 4.79 Å². The maximum atomic E-state index is 12.5. The van der Waals surface area contributed by atoms with E-state index in [1.54, 1.807) is 6.92 Å². The summed E-state index contributed by atoms with van der Waals surface area (Å²) < 4.78 is 29.8. The topological polar surface area (TPSA) is 59.4 Å². The third-order valence-electron chi connectivity index (χ3n) is 2.07. The van der Waals surface area contributed by atoms with Crippen LogP contribution in [0.1, 0.15) is 30.3 Å². The molecule has 1 aromatic rings. The van der Waals surface area contributed by atoms with Crippen LogP contribution in [-0.4, -0.2) is 22.7 Å². The quantitative estimate of drug-likeness (QED) is 0.825. The van der Waals surface area contributed by atoms with Gasteiger partial charge in [-0.1, -0.05) is 0 Å². The van der Waals surface area contributed by atoms with Crippen molar-refractivity contribution in [3.8, 4) is 5.75 Å². The monoisotopic (exact) mass is 245 g/mol. The van der Waals surface area contributed by atoms with Crippen LogP contribution in [0.2, 0.25) is 0 Å². The van der Waals surface area contributed by atoms with E-state index in [0.717, 1.165) is 0 Å². The Morgan fingerprint density at radius 3 is 2.76 bits per heavy atom. The average Bonchev–Trinajstić information content (AvgIpc) is 2.22. The minimum Gasteiger partial charge on any atom is -0.506 e. The Kier molecular flexibility index (Phi) is 4.37. The van der Waals surface area contributed by atoms with Crippen LogP contribution in [0.15, 0.2) is 6.07 Å². The van der Waals surface area contributed by atoms with Gasteiger partial charge in [0.2, 0.25) is 0 Å². The number of aromatic hydroxyl groups is 1. The zero-order valence-electron chi connectivity index (χ0n) is 9.54. The Labute approximate surface area is 97.2 Å². The first-order valence-electron chi connectivity index (χ1n) is 5.08. The smallest absolute Gasteiger partial charge is 0.310 e. The molecule has 1 N–H and O–H groups in total. The van der Waals surface area contributed by atoms with Gasteiger partial charge in [0, 0.05) is 11.3 Å². The van der Waals surface area contributed by atoms with Gasteiger partial charge >= 0.3 is 5.97 Å². The van der Waals surface area contributed by atoms with Crippen molar-refractivity contribution < 1.29 is 23.4 Å². The molecule has 1 heterocycles. The van der Waals surface area contributed by atoms with Gasteiger partial charge in [-0.25, -0.2) is 13.8 Å². The van der Waals surface area contributed by atoms with Gasteiger partial charge in [0.15, 0.2) is 0 Å². The second kappa shape index (κ2) is 5.56. The molecule has 0 bridgehead atoms. The van der Waals surface area contributed by atoms with Crippen LogP contribution in [0, 0.1) is 6.92 Å². The summed E-state index contributed by atoms with van der Waals surface area (Å²) in [4.78, 5) is 14.7. The number of ether oxygens (including phenoxy) is 1. The van der Waals surface area contributed by atoms with Gasteiger partial charge in [0.25, 0.3) is 6.43 Å². The number of aromatic nitrogens is 1. The molecule has 0 saturated carbocycles. The van der Waals surface area contributed by atoms with Crippen LogP contribution in [0.25, 0.3) is 0 Å². The van der Waals surface area contributed by atoms with Crippen LogP contribution >= 0.6 is 0 Å². The fraction of sp³-hybridized carbons (Fsp3) is 0.455. The first-order valence-corrected chi connectivity index (χ1v) is 5.08. The molecule has 0 fully saturated rings. The van der Waals surface area contributed by atoms with Gasteiger partial charge in [0.1, 0.15) is 11.4 Å². The number of aryl methyl sites for hydroxylation is 1. The molecule has 0 amide bonds. The number of alkyl halides is 2. The number of hydrogen-bond donors (Lipinski definition) is 1. The molecule has 6 heteroatoms. The van der Waals surface area contributed by atoms with Crippen molar-refractivity contribution in [2.75, 3.05) is 6.61 Å². The Bertz CT molecular complexity index is 421. The number of nitrogens with zero attached hydrogens (tertiary/aromatic N) is 1. The van der Waals surface area contributed by atoms with Crippen molar-refractivity contribution in [1.29, 1.82) is 0 Å². The molecule has 0 aromatic carbocycles. The summed E-state index contributed by atoms with van der Waals surface area (Å²) in [5.41, 5.74) is -0.284. The lowest BCUT2D eigenvalue weighted by atomic mass is 10.1. The van der Waals surface area contributed by atoms with E-state index in [0.29, 0.717) is 5.69 Å². The van der Waals surface area contributed by atoms with Gasteiger partial charge < -0.3 is 9.84 Å². The fourth-order valence-electron chi connectivity index (χ4n) is 1.41. The lowest BCUT2D eigenvalue weighted by Gasteiger charge is -2.09. The van der Waals surface area contributed by atoms with Crippen LogP contribution in [0.3, 0.4) is 0 Å². The predicted octanol–water partition coefficient (Wildman–Crippen LogP) is 2.14. The van der Waals surface area contributed by atoms with Crippen LogP contribution in [0.4, 0.5) is 8.78 Å². The molecule has 94 valence electrons. The maximum absolute atomic E-state index is 12.5. The second-order valence-corrected chi connectivity index (χ2v) is 3.44. The zero-order chi connectivity index (χ0) is 13.0. The molecule has 0 radical (unpaired) electrons. The number of pyridine rings is 1. The molecular formula is C11H13F2NO3. The van der Waals surface area contributed by atoms with Crippen LogP contribution < -0.4 is 0 Å². The van der Waals surface area contributed by atoms with Crippen molar-refractivity contribution >= 4 is 5.97 Å². The summed E-state index contributed by atoms with van der Waals surface area (Å²) in [6, 6.07) is 1.39. The van der Waals surface area contributed by atoms with Crippen molar-refractivity contribution in [1.82, 2.24) is 4.98 Å². The Morgan fingerprint density at radius 2 is 2.24 bits per heavy atom. The molecule has 0 aliphatic rings. The number of carbonyl (C=O) groups is 1. The number of esters is 1. The summed E-state index contributed by atoms with van der Waals surface area (Å²) in [5.74, 6) is -1.22. The first-order chi connectivity index (χ1) is 7.95. The molecule has 1 rings (SSSR count). The van der Waals surface area contributed by atoms with E-state index < -0.39 is 23.8 Å². The Balaban J connectivity index is 3.03. The van der Waals surface area contributed by atoms with E-state index in [1.165, 1.54) is 13.0 Å². The molecule has 0 atom stereocenters. The largest absolute Gasteiger partial charge is 0.506 e. The zero-order valence-corrected chi connectivity index (χ0v) is 9.54. The van der Waals surface area contributed by atoms with E-state index in [4.69, 9.17) is 0 Å². The van der Waals surface area contributed by atoms with Crippen LogP contribution in [0.5, 0.6) is 5.75 Å². The molecule has 4 nitrogen and oxygen atoms in total. The molecule has 17 heavy (non-hydrogen) atoms. The number of rotatable bonds is 4. The van der Waals surface area contributed by atoms with Gasteiger partial charge in [-0.15, -0.1) is 0 Å². The number of hydrogen-bond acceptors (Lipinski definition) is 4. The Morgan fingerprint density at radius 1 is 1.59 bits per heavy atom. The fourth-order valence-corrected chi connectivity index (χ4v) is 1.41. The lowest BCUT2D eigenvalue weighted by molar-refractivity contribution is -0.142. The minimum atomic E-state index is -2.88. The first kappa shape index (κ1) is 13.3. The van der Waals surface area contributed by atoms with E-state index >= 15 is 0 Å². The number of carbonyl (C=O) groups excluding carboxylic acids is 1. The molecule has 0 aliphatic carbocycles. The van der Waals surface area contributed by atoms with E-state index in [-0.39, 0.29) is 18.6 Å².